The van der Waals surface area contributed by atoms with Crippen LogP contribution in [0.1, 0.15) is 25.3 Å². The summed E-state index contributed by atoms with van der Waals surface area (Å²) in [7, 11) is 0. The van der Waals surface area contributed by atoms with Gasteiger partial charge in [0.15, 0.2) is 0 Å². The number of hydrogen-bond donors (Lipinski definition) is 2. The van der Waals surface area contributed by atoms with Crippen molar-refractivity contribution in [3.8, 4) is 0 Å². The van der Waals surface area contributed by atoms with Crippen molar-refractivity contribution in [2.45, 2.75) is 32.4 Å². The fourth-order valence-corrected chi connectivity index (χ4v) is 1.94. The van der Waals surface area contributed by atoms with E-state index in [0.29, 0.717) is 6.42 Å². The third-order valence-corrected chi connectivity index (χ3v) is 3.02. The number of fused-ring (bicyclic) bond motifs is 1. The number of carbonyl (C=O) groups is 1. The Balaban J connectivity index is 1.93. The topological polar surface area (TPSA) is 62.5 Å². The van der Waals surface area contributed by atoms with E-state index in [0.717, 1.165) is 17.5 Å². The highest BCUT2D eigenvalue weighted by Gasteiger charge is 2.07. The molecule has 1 unspecified atom stereocenters. The quantitative estimate of drug-likeness (QED) is 0.824. The maximum absolute atomic E-state index is 10.5. The monoisotopic (exact) mass is 247 g/mol. The van der Waals surface area contributed by atoms with E-state index in [4.69, 9.17) is 9.52 Å². The summed E-state index contributed by atoms with van der Waals surface area (Å²) in [5.74, 6) is -0.749. The van der Waals surface area contributed by atoms with Gasteiger partial charge in [-0.25, -0.2) is 0 Å². The number of benzene rings is 1. The number of hydrogen-bond acceptors (Lipinski definition) is 3. The number of furan rings is 1. The molecule has 0 aliphatic heterocycles. The van der Waals surface area contributed by atoms with E-state index in [2.05, 4.69) is 11.4 Å². The first-order valence-corrected chi connectivity index (χ1v) is 6.07. The Morgan fingerprint density at radius 1 is 1.44 bits per heavy atom. The Bertz CT molecular complexity index is 533. The van der Waals surface area contributed by atoms with E-state index < -0.39 is 5.97 Å². The number of aliphatic carboxylic acids is 1. The normalized spacial score (nSPS) is 12.7. The van der Waals surface area contributed by atoms with E-state index in [1.807, 2.05) is 25.1 Å². The Hall–Kier alpha value is -1.81. The predicted molar refractivity (Wildman–Crippen MR) is 69.4 cm³/mol. The van der Waals surface area contributed by atoms with Crippen LogP contribution in [0.3, 0.4) is 0 Å². The molecule has 96 valence electrons. The van der Waals surface area contributed by atoms with Crippen LogP contribution in [-0.4, -0.2) is 17.1 Å². The van der Waals surface area contributed by atoms with Crippen molar-refractivity contribution in [3.63, 3.8) is 0 Å². The van der Waals surface area contributed by atoms with Crippen molar-refractivity contribution in [3.05, 3.63) is 36.1 Å². The average molecular weight is 247 g/mol. The highest BCUT2D eigenvalue weighted by Crippen LogP contribution is 2.19. The van der Waals surface area contributed by atoms with Gasteiger partial charge in [0.25, 0.3) is 0 Å². The molecule has 2 rings (SSSR count). The van der Waals surface area contributed by atoms with Crippen molar-refractivity contribution in [2.75, 3.05) is 0 Å². The second kappa shape index (κ2) is 5.69. The Morgan fingerprint density at radius 3 is 3.06 bits per heavy atom. The molecule has 0 amide bonds. The first-order chi connectivity index (χ1) is 8.66. The van der Waals surface area contributed by atoms with Crippen LogP contribution in [0.25, 0.3) is 11.0 Å². The van der Waals surface area contributed by atoms with E-state index in [1.54, 1.807) is 6.26 Å². The van der Waals surface area contributed by atoms with Crippen LogP contribution < -0.4 is 5.32 Å². The maximum Gasteiger partial charge on any atom is 0.303 e. The number of carboxylic acid groups (broad SMARTS) is 1. The molecule has 1 aromatic carbocycles. The Kier molecular flexibility index (Phi) is 3.99. The van der Waals surface area contributed by atoms with Crippen LogP contribution in [-0.2, 0) is 11.3 Å². The first kappa shape index (κ1) is 12.6. The van der Waals surface area contributed by atoms with Gasteiger partial charge in [0.05, 0.1) is 6.26 Å². The van der Waals surface area contributed by atoms with Gasteiger partial charge in [0, 0.05) is 24.4 Å². The Morgan fingerprint density at radius 2 is 2.28 bits per heavy atom. The van der Waals surface area contributed by atoms with Crippen LogP contribution in [0, 0.1) is 0 Å². The fourth-order valence-electron chi connectivity index (χ4n) is 1.94. The molecule has 18 heavy (non-hydrogen) atoms. The molecule has 0 radical (unpaired) electrons. The minimum absolute atomic E-state index is 0.184. The van der Waals surface area contributed by atoms with Crippen LogP contribution in [0.4, 0.5) is 0 Å². The predicted octanol–water partition coefficient (Wildman–Crippen LogP) is 2.78. The van der Waals surface area contributed by atoms with Gasteiger partial charge in [-0.15, -0.1) is 0 Å². The first-order valence-electron chi connectivity index (χ1n) is 6.07. The molecule has 0 aliphatic rings. The lowest BCUT2D eigenvalue weighted by Crippen LogP contribution is -2.26. The molecule has 1 atom stereocenters. The van der Waals surface area contributed by atoms with Gasteiger partial charge in [-0.3, -0.25) is 4.79 Å². The van der Waals surface area contributed by atoms with Crippen LogP contribution in [0.5, 0.6) is 0 Å². The minimum Gasteiger partial charge on any atom is -0.481 e. The highest BCUT2D eigenvalue weighted by atomic mass is 16.4. The molecule has 0 spiro atoms. The van der Waals surface area contributed by atoms with E-state index in [1.165, 1.54) is 5.56 Å². The van der Waals surface area contributed by atoms with Crippen LogP contribution in [0.15, 0.2) is 34.9 Å². The summed E-state index contributed by atoms with van der Waals surface area (Å²) < 4.78 is 5.34. The highest BCUT2D eigenvalue weighted by molar-refractivity contribution is 5.80. The lowest BCUT2D eigenvalue weighted by atomic mass is 10.1. The molecule has 1 heterocycles. The van der Waals surface area contributed by atoms with Gasteiger partial charge in [-0.2, -0.15) is 0 Å². The largest absolute Gasteiger partial charge is 0.481 e. The van der Waals surface area contributed by atoms with Gasteiger partial charge in [-0.05, 0) is 31.0 Å². The zero-order chi connectivity index (χ0) is 13.0. The van der Waals surface area contributed by atoms with Gasteiger partial charge in [0.2, 0.25) is 0 Å². The number of nitrogens with one attached hydrogen (secondary N) is 1. The Labute approximate surface area is 106 Å². The van der Waals surface area contributed by atoms with Crippen molar-refractivity contribution in [2.24, 2.45) is 0 Å². The molecular weight excluding hydrogens is 230 g/mol. The lowest BCUT2D eigenvalue weighted by Gasteiger charge is -2.13. The third kappa shape index (κ3) is 3.11. The summed E-state index contributed by atoms with van der Waals surface area (Å²) in [6.45, 7) is 2.72. The molecule has 0 saturated heterocycles. The summed E-state index contributed by atoms with van der Waals surface area (Å²) in [5, 5.41) is 13.1. The smallest absolute Gasteiger partial charge is 0.303 e. The standard InChI is InChI=1S/C14H17NO3/c1-10(5-6-14(16)17)15-9-11-3-2-4-13-12(11)7-8-18-13/h2-4,7-8,10,15H,5-6,9H2,1H3,(H,16,17). The zero-order valence-corrected chi connectivity index (χ0v) is 10.3. The summed E-state index contributed by atoms with van der Waals surface area (Å²) in [6, 6.07) is 8.09. The third-order valence-electron chi connectivity index (χ3n) is 3.02. The van der Waals surface area contributed by atoms with Crippen molar-refractivity contribution < 1.29 is 14.3 Å². The van der Waals surface area contributed by atoms with Crippen molar-refractivity contribution >= 4 is 16.9 Å². The molecule has 0 aliphatic carbocycles. The van der Waals surface area contributed by atoms with Crippen molar-refractivity contribution in [1.82, 2.24) is 5.32 Å². The molecule has 0 bridgehead atoms. The minimum atomic E-state index is -0.749. The molecular formula is C14H17NO3. The molecule has 0 fully saturated rings. The maximum atomic E-state index is 10.5. The number of carboxylic acids is 1. The van der Waals surface area contributed by atoms with Gasteiger partial charge < -0.3 is 14.8 Å². The molecule has 2 N–H and O–H groups in total. The molecule has 2 aromatic rings. The van der Waals surface area contributed by atoms with Gasteiger partial charge in [-0.1, -0.05) is 12.1 Å². The molecule has 4 heteroatoms. The van der Waals surface area contributed by atoms with Gasteiger partial charge in [0.1, 0.15) is 5.58 Å². The van der Waals surface area contributed by atoms with E-state index in [9.17, 15) is 4.79 Å². The van der Waals surface area contributed by atoms with Crippen LogP contribution >= 0.6 is 0 Å². The number of rotatable bonds is 6. The van der Waals surface area contributed by atoms with Crippen molar-refractivity contribution in [1.29, 1.82) is 0 Å². The summed E-state index contributed by atoms with van der Waals surface area (Å²) in [6.07, 6.45) is 2.52. The zero-order valence-electron chi connectivity index (χ0n) is 10.3. The average Bonchev–Trinajstić information content (AvgIpc) is 2.82. The summed E-state index contributed by atoms with van der Waals surface area (Å²) in [4.78, 5) is 10.5. The molecule has 4 nitrogen and oxygen atoms in total. The second-order valence-corrected chi connectivity index (χ2v) is 4.46. The fraction of sp³-hybridized carbons (Fsp3) is 0.357. The van der Waals surface area contributed by atoms with Gasteiger partial charge >= 0.3 is 5.97 Å². The SMILES string of the molecule is CC(CCC(=O)O)NCc1cccc2occc12. The van der Waals surface area contributed by atoms with E-state index >= 15 is 0 Å². The summed E-state index contributed by atoms with van der Waals surface area (Å²) in [5.41, 5.74) is 2.05. The summed E-state index contributed by atoms with van der Waals surface area (Å²) >= 11 is 0. The second-order valence-electron chi connectivity index (χ2n) is 4.46. The lowest BCUT2D eigenvalue weighted by molar-refractivity contribution is -0.137. The molecule has 0 saturated carbocycles. The van der Waals surface area contributed by atoms with Crippen LogP contribution in [0.2, 0.25) is 0 Å². The molecule has 1 aromatic heterocycles. The van der Waals surface area contributed by atoms with E-state index in [-0.39, 0.29) is 12.5 Å².